The van der Waals surface area contributed by atoms with Crippen molar-refractivity contribution in [3.63, 3.8) is 0 Å². The third kappa shape index (κ3) is 3.31. The van der Waals surface area contributed by atoms with Gasteiger partial charge in [0.15, 0.2) is 11.6 Å². The second-order valence-corrected chi connectivity index (χ2v) is 5.47. The molecule has 19 heavy (non-hydrogen) atoms. The van der Waals surface area contributed by atoms with Crippen LogP contribution in [0.2, 0.25) is 0 Å². The molecule has 1 aromatic carbocycles. The van der Waals surface area contributed by atoms with E-state index in [9.17, 15) is 8.78 Å². The molecule has 1 aliphatic heterocycles. The predicted molar refractivity (Wildman–Crippen MR) is 72.7 cm³/mol. The molecule has 1 aliphatic rings. The van der Waals surface area contributed by atoms with Gasteiger partial charge in [-0.15, -0.1) is 0 Å². The first-order valence-corrected chi connectivity index (χ1v) is 7.01. The Labute approximate surface area is 113 Å². The van der Waals surface area contributed by atoms with E-state index in [1.54, 1.807) is 12.1 Å². The number of hydrogen-bond donors (Lipinski definition) is 1. The molecule has 2 nitrogen and oxygen atoms in total. The van der Waals surface area contributed by atoms with Crippen molar-refractivity contribution >= 4 is 0 Å². The lowest BCUT2D eigenvalue weighted by Gasteiger charge is -2.30. The Balaban J connectivity index is 2.21. The number of nitrogens with zero attached hydrogens (tertiary/aromatic N) is 1. The molecule has 4 heteroatoms. The molecule has 1 saturated heterocycles. The molecule has 0 saturated carbocycles. The summed E-state index contributed by atoms with van der Waals surface area (Å²) in [5, 5.41) is 0. The Hall–Kier alpha value is -1.00. The largest absolute Gasteiger partial charge is 0.329 e. The van der Waals surface area contributed by atoms with Gasteiger partial charge in [-0.1, -0.05) is 19.1 Å². The van der Waals surface area contributed by atoms with E-state index in [-0.39, 0.29) is 6.04 Å². The number of hydrogen-bond acceptors (Lipinski definition) is 2. The van der Waals surface area contributed by atoms with Gasteiger partial charge in [0.2, 0.25) is 0 Å². The molecule has 2 N–H and O–H groups in total. The van der Waals surface area contributed by atoms with Crippen LogP contribution in [0.5, 0.6) is 0 Å². The van der Waals surface area contributed by atoms with Crippen LogP contribution in [0.1, 0.15) is 37.8 Å². The van der Waals surface area contributed by atoms with Gasteiger partial charge in [0.05, 0.1) is 6.04 Å². The fraction of sp³-hybridized carbons (Fsp3) is 0.600. The van der Waals surface area contributed by atoms with Crippen molar-refractivity contribution in [3.8, 4) is 0 Å². The highest BCUT2D eigenvalue weighted by Crippen LogP contribution is 2.27. The van der Waals surface area contributed by atoms with Gasteiger partial charge in [-0.3, -0.25) is 4.90 Å². The van der Waals surface area contributed by atoms with Gasteiger partial charge in [-0.25, -0.2) is 8.78 Å². The summed E-state index contributed by atoms with van der Waals surface area (Å²) >= 11 is 0. The molecule has 0 aromatic heterocycles. The monoisotopic (exact) mass is 268 g/mol. The molecule has 106 valence electrons. The van der Waals surface area contributed by atoms with Crippen LogP contribution < -0.4 is 5.73 Å². The van der Waals surface area contributed by atoms with Crippen molar-refractivity contribution in [2.75, 3.05) is 19.6 Å². The molecule has 2 atom stereocenters. The van der Waals surface area contributed by atoms with Crippen LogP contribution in [0, 0.1) is 17.6 Å². The highest BCUT2D eigenvalue weighted by molar-refractivity contribution is 5.23. The topological polar surface area (TPSA) is 29.3 Å². The zero-order chi connectivity index (χ0) is 13.8. The van der Waals surface area contributed by atoms with Crippen LogP contribution in [-0.4, -0.2) is 24.5 Å². The van der Waals surface area contributed by atoms with E-state index in [0.717, 1.165) is 32.0 Å². The number of benzene rings is 1. The molecule has 0 amide bonds. The maximum absolute atomic E-state index is 13.9. The van der Waals surface area contributed by atoms with Crippen LogP contribution in [-0.2, 0) is 0 Å². The van der Waals surface area contributed by atoms with E-state index in [1.807, 2.05) is 0 Å². The highest BCUT2D eigenvalue weighted by Gasteiger charge is 2.25. The molecule has 1 fully saturated rings. The lowest BCUT2D eigenvalue weighted by Crippen LogP contribution is -2.35. The standard InChI is InChI=1S/C15H22F2N2/c1-11-4-3-8-19(9-7-11)14(10-18)12-5-2-6-13(16)15(12)17/h2,5-6,11,14H,3-4,7-10,18H2,1H3. The summed E-state index contributed by atoms with van der Waals surface area (Å²) in [7, 11) is 0. The number of rotatable bonds is 3. The molecular formula is C15H22F2N2. The second kappa shape index (κ2) is 6.44. The molecule has 0 aliphatic carbocycles. The molecule has 1 heterocycles. The SMILES string of the molecule is CC1CCCN(C(CN)c2cccc(F)c2F)CC1. The van der Waals surface area contributed by atoms with Crippen molar-refractivity contribution in [1.82, 2.24) is 4.90 Å². The Morgan fingerprint density at radius 1 is 1.32 bits per heavy atom. The van der Waals surface area contributed by atoms with Crippen LogP contribution in [0.3, 0.4) is 0 Å². The van der Waals surface area contributed by atoms with Gasteiger partial charge in [-0.2, -0.15) is 0 Å². The van der Waals surface area contributed by atoms with Crippen LogP contribution in [0.25, 0.3) is 0 Å². The van der Waals surface area contributed by atoms with E-state index in [4.69, 9.17) is 5.73 Å². The van der Waals surface area contributed by atoms with Crippen LogP contribution in [0.4, 0.5) is 8.78 Å². The summed E-state index contributed by atoms with van der Waals surface area (Å²) < 4.78 is 27.3. The third-order valence-electron chi connectivity index (χ3n) is 4.06. The third-order valence-corrected chi connectivity index (χ3v) is 4.06. The zero-order valence-corrected chi connectivity index (χ0v) is 11.4. The fourth-order valence-corrected chi connectivity index (χ4v) is 2.85. The molecule has 2 unspecified atom stereocenters. The Kier molecular flexibility index (Phi) is 4.88. The van der Waals surface area contributed by atoms with E-state index < -0.39 is 11.6 Å². The lowest BCUT2D eigenvalue weighted by molar-refractivity contribution is 0.202. The highest BCUT2D eigenvalue weighted by atomic mass is 19.2. The predicted octanol–water partition coefficient (Wildman–Crippen LogP) is 3.09. The summed E-state index contributed by atoms with van der Waals surface area (Å²) in [5.41, 5.74) is 6.20. The van der Waals surface area contributed by atoms with Crippen molar-refractivity contribution in [2.24, 2.45) is 11.7 Å². The van der Waals surface area contributed by atoms with Gasteiger partial charge < -0.3 is 5.73 Å². The lowest BCUT2D eigenvalue weighted by atomic mass is 10.0. The summed E-state index contributed by atoms with van der Waals surface area (Å²) in [6, 6.07) is 4.12. The van der Waals surface area contributed by atoms with Gasteiger partial charge >= 0.3 is 0 Å². The second-order valence-electron chi connectivity index (χ2n) is 5.47. The molecule has 0 bridgehead atoms. The number of halogens is 2. The summed E-state index contributed by atoms with van der Waals surface area (Å²) in [5.74, 6) is -0.852. The zero-order valence-electron chi connectivity index (χ0n) is 11.4. The van der Waals surface area contributed by atoms with Crippen molar-refractivity contribution in [1.29, 1.82) is 0 Å². The average Bonchev–Trinajstić information content (AvgIpc) is 2.61. The van der Waals surface area contributed by atoms with Gasteiger partial charge in [-0.05, 0) is 44.3 Å². The maximum atomic E-state index is 13.9. The Bertz CT molecular complexity index is 423. The first-order chi connectivity index (χ1) is 9.13. The molecule has 2 rings (SSSR count). The van der Waals surface area contributed by atoms with Crippen molar-refractivity contribution < 1.29 is 8.78 Å². The van der Waals surface area contributed by atoms with E-state index in [1.165, 1.54) is 6.42 Å². The van der Waals surface area contributed by atoms with E-state index in [0.29, 0.717) is 18.0 Å². The molecule has 0 spiro atoms. The fourth-order valence-electron chi connectivity index (χ4n) is 2.85. The maximum Gasteiger partial charge on any atom is 0.163 e. The average molecular weight is 268 g/mol. The van der Waals surface area contributed by atoms with Gasteiger partial charge in [0.1, 0.15) is 0 Å². The number of likely N-dealkylation sites (tertiary alicyclic amines) is 1. The minimum Gasteiger partial charge on any atom is -0.329 e. The first-order valence-electron chi connectivity index (χ1n) is 7.01. The van der Waals surface area contributed by atoms with E-state index in [2.05, 4.69) is 11.8 Å². The van der Waals surface area contributed by atoms with Crippen LogP contribution in [0.15, 0.2) is 18.2 Å². The smallest absolute Gasteiger partial charge is 0.163 e. The minimum atomic E-state index is -0.792. The van der Waals surface area contributed by atoms with Crippen molar-refractivity contribution in [3.05, 3.63) is 35.4 Å². The minimum absolute atomic E-state index is 0.221. The number of nitrogens with two attached hydrogens (primary N) is 1. The molecule has 0 radical (unpaired) electrons. The Morgan fingerprint density at radius 2 is 2.11 bits per heavy atom. The van der Waals surface area contributed by atoms with Crippen LogP contribution >= 0.6 is 0 Å². The molecule has 1 aromatic rings. The summed E-state index contributed by atoms with van der Waals surface area (Å²) in [6.45, 7) is 4.36. The Morgan fingerprint density at radius 3 is 2.84 bits per heavy atom. The van der Waals surface area contributed by atoms with Crippen molar-refractivity contribution in [2.45, 2.75) is 32.2 Å². The quantitative estimate of drug-likeness (QED) is 0.912. The normalized spacial score (nSPS) is 23.1. The summed E-state index contributed by atoms with van der Waals surface area (Å²) in [6.07, 6.45) is 3.38. The van der Waals surface area contributed by atoms with Gasteiger partial charge in [0, 0.05) is 12.1 Å². The van der Waals surface area contributed by atoms with E-state index >= 15 is 0 Å². The molecular weight excluding hydrogens is 246 g/mol. The first kappa shape index (κ1) is 14.4. The van der Waals surface area contributed by atoms with Gasteiger partial charge in [0.25, 0.3) is 0 Å². The summed E-state index contributed by atoms with van der Waals surface area (Å²) in [4.78, 5) is 2.20.